The maximum Gasteiger partial charge on any atom is 0.270 e. The smallest absolute Gasteiger partial charge is 0.270 e. The van der Waals surface area contributed by atoms with Crippen molar-refractivity contribution in [3.05, 3.63) is 45.6 Å². The van der Waals surface area contributed by atoms with Crippen LogP contribution in [0.25, 0.3) is 6.08 Å². The number of nitrogens with zero attached hydrogens (tertiary/aromatic N) is 1. The van der Waals surface area contributed by atoms with Crippen LogP contribution in [0.5, 0.6) is 0 Å². The molecule has 0 heterocycles. The Hall–Kier alpha value is -2.70. The van der Waals surface area contributed by atoms with Crippen LogP contribution in [0, 0.1) is 16.0 Å². The fraction of sp³-hybridized carbons (Fsp3) is 0.545. The zero-order valence-electron chi connectivity index (χ0n) is 16.7. The van der Waals surface area contributed by atoms with E-state index in [4.69, 9.17) is 0 Å². The van der Waals surface area contributed by atoms with E-state index in [1.54, 1.807) is 12.1 Å². The zero-order chi connectivity index (χ0) is 20.6. The Morgan fingerprint density at radius 2 is 1.66 bits per heavy atom. The third kappa shape index (κ3) is 6.14. The van der Waals surface area contributed by atoms with Crippen molar-refractivity contribution in [1.29, 1.82) is 0 Å². The molecule has 156 valence electrons. The largest absolute Gasteiger partial charge is 0.348 e. The molecule has 0 atom stereocenters. The molecule has 0 bridgehead atoms. The van der Waals surface area contributed by atoms with Gasteiger partial charge in [0, 0.05) is 24.1 Å². The number of hydrogen-bond donors (Lipinski definition) is 2. The van der Waals surface area contributed by atoms with E-state index in [2.05, 4.69) is 10.6 Å². The van der Waals surface area contributed by atoms with E-state index >= 15 is 0 Å². The molecule has 0 aliphatic heterocycles. The van der Waals surface area contributed by atoms with E-state index in [0.29, 0.717) is 5.56 Å². The number of hydrogen-bond acceptors (Lipinski definition) is 4. The fourth-order valence-corrected chi connectivity index (χ4v) is 4.16. The first-order valence-electron chi connectivity index (χ1n) is 10.6. The van der Waals surface area contributed by atoms with E-state index in [-0.39, 0.29) is 35.2 Å². The molecule has 2 amide bonds. The monoisotopic (exact) mass is 399 g/mol. The van der Waals surface area contributed by atoms with Crippen LogP contribution >= 0.6 is 0 Å². The average Bonchev–Trinajstić information content (AvgIpc) is 2.74. The Labute approximate surface area is 171 Å². The first kappa shape index (κ1) is 21.0. The average molecular weight is 399 g/mol. The van der Waals surface area contributed by atoms with Crippen molar-refractivity contribution in [2.45, 2.75) is 70.3 Å². The lowest BCUT2D eigenvalue weighted by molar-refractivity contribution is -0.384. The van der Waals surface area contributed by atoms with Crippen molar-refractivity contribution in [2.24, 2.45) is 5.92 Å². The van der Waals surface area contributed by atoms with Gasteiger partial charge in [0.05, 0.1) is 4.92 Å². The van der Waals surface area contributed by atoms with Gasteiger partial charge in [-0.15, -0.1) is 0 Å². The van der Waals surface area contributed by atoms with E-state index in [1.807, 2.05) is 0 Å². The van der Waals surface area contributed by atoms with Crippen molar-refractivity contribution < 1.29 is 14.5 Å². The van der Waals surface area contributed by atoms with Gasteiger partial charge in [-0.3, -0.25) is 19.7 Å². The molecule has 0 aromatic heterocycles. The highest BCUT2D eigenvalue weighted by Crippen LogP contribution is 2.24. The van der Waals surface area contributed by atoms with Gasteiger partial charge in [0.1, 0.15) is 5.70 Å². The van der Waals surface area contributed by atoms with Crippen LogP contribution in [0.2, 0.25) is 0 Å². The molecule has 1 aromatic carbocycles. The molecular formula is C22H29N3O4. The van der Waals surface area contributed by atoms with Gasteiger partial charge in [-0.05, 0) is 37.3 Å². The standard InChI is InChI=1S/C22H29N3O4/c26-21(17-9-3-1-4-10-17)24-20(22(27)23-18-11-5-2-6-12-18)15-16-8-7-13-19(14-16)25(28)29/h7-8,13-15,17-18H,1-6,9-12H2,(H,23,27)(H,24,26). The number of nitro groups is 1. The summed E-state index contributed by atoms with van der Waals surface area (Å²) in [4.78, 5) is 36.2. The number of carbonyl (C=O) groups is 2. The van der Waals surface area contributed by atoms with Gasteiger partial charge in [-0.1, -0.05) is 50.7 Å². The van der Waals surface area contributed by atoms with Crippen LogP contribution in [-0.2, 0) is 9.59 Å². The molecule has 29 heavy (non-hydrogen) atoms. The van der Waals surface area contributed by atoms with Gasteiger partial charge >= 0.3 is 0 Å². The van der Waals surface area contributed by atoms with Crippen molar-refractivity contribution >= 4 is 23.6 Å². The molecule has 0 spiro atoms. The SMILES string of the molecule is O=C(NC1CCCCC1)C(=Cc1cccc([N+](=O)[O-])c1)NC(=O)C1CCCCC1. The number of carbonyl (C=O) groups excluding carboxylic acids is 2. The quantitative estimate of drug-likeness (QED) is 0.427. The Balaban J connectivity index is 1.79. The predicted molar refractivity (Wildman–Crippen MR) is 111 cm³/mol. The summed E-state index contributed by atoms with van der Waals surface area (Å²) in [6.07, 6.45) is 11.6. The zero-order valence-corrected chi connectivity index (χ0v) is 16.7. The Bertz CT molecular complexity index is 778. The minimum Gasteiger partial charge on any atom is -0.348 e. The number of nitro benzene ring substituents is 1. The highest BCUT2D eigenvalue weighted by atomic mass is 16.6. The van der Waals surface area contributed by atoms with E-state index in [0.717, 1.165) is 57.8 Å². The number of benzene rings is 1. The molecule has 2 fully saturated rings. The van der Waals surface area contributed by atoms with Gasteiger partial charge < -0.3 is 10.6 Å². The van der Waals surface area contributed by atoms with Crippen LogP contribution in [0.3, 0.4) is 0 Å². The number of rotatable bonds is 6. The summed E-state index contributed by atoms with van der Waals surface area (Å²) in [6, 6.07) is 6.17. The molecule has 7 heteroatoms. The van der Waals surface area contributed by atoms with Crippen molar-refractivity contribution in [3.63, 3.8) is 0 Å². The summed E-state index contributed by atoms with van der Waals surface area (Å²) in [5, 5.41) is 16.9. The molecule has 0 unspecified atom stereocenters. The molecular weight excluding hydrogens is 370 g/mol. The second kappa shape index (κ2) is 10.2. The van der Waals surface area contributed by atoms with Crippen LogP contribution in [0.15, 0.2) is 30.0 Å². The van der Waals surface area contributed by atoms with Crippen LogP contribution in [0.4, 0.5) is 5.69 Å². The lowest BCUT2D eigenvalue weighted by Gasteiger charge is -2.25. The summed E-state index contributed by atoms with van der Waals surface area (Å²) < 4.78 is 0. The second-order valence-corrected chi connectivity index (χ2v) is 8.04. The van der Waals surface area contributed by atoms with Crippen LogP contribution in [0.1, 0.15) is 69.8 Å². The predicted octanol–water partition coefficient (Wildman–Crippen LogP) is 4.08. The molecule has 2 saturated carbocycles. The maximum absolute atomic E-state index is 12.9. The van der Waals surface area contributed by atoms with Crippen LogP contribution < -0.4 is 10.6 Å². The van der Waals surface area contributed by atoms with Crippen molar-refractivity contribution in [1.82, 2.24) is 10.6 Å². The summed E-state index contributed by atoms with van der Waals surface area (Å²) in [5.74, 6) is -0.549. The fourth-order valence-electron chi connectivity index (χ4n) is 4.16. The van der Waals surface area contributed by atoms with Gasteiger partial charge in [0.2, 0.25) is 5.91 Å². The molecule has 2 N–H and O–H groups in total. The molecule has 2 aliphatic carbocycles. The normalized spacial score (nSPS) is 18.8. The number of amides is 2. The third-order valence-corrected chi connectivity index (χ3v) is 5.81. The molecule has 0 radical (unpaired) electrons. The van der Waals surface area contributed by atoms with E-state index in [1.165, 1.54) is 24.6 Å². The van der Waals surface area contributed by atoms with Gasteiger partial charge in [-0.2, -0.15) is 0 Å². The second-order valence-electron chi connectivity index (χ2n) is 8.04. The summed E-state index contributed by atoms with van der Waals surface area (Å²) in [7, 11) is 0. The lowest BCUT2D eigenvalue weighted by atomic mass is 9.88. The molecule has 2 aliphatic rings. The number of nitrogens with one attached hydrogen (secondary N) is 2. The van der Waals surface area contributed by atoms with E-state index < -0.39 is 4.92 Å². The summed E-state index contributed by atoms with van der Waals surface area (Å²) >= 11 is 0. The topological polar surface area (TPSA) is 101 Å². The van der Waals surface area contributed by atoms with Crippen molar-refractivity contribution in [2.75, 3.05) is 0 Å². The molecule has 7 nitrogen and oxygen atoms in total. The summed E-state index contributed by atoms with van der Waals surface area (Å²) in [6.45, 7) is 0. The van der Waals surface area contributed by atoms with Gasteiger partial charge in [0.25, 0.3) is 11.6 Å². The minimum atomic E-state index is -0.472. The highest BCUT2D eigenvalue weighted by molar-refractivity contribution is 6.01. The molecule has 1 aromatic rings. The summed E-state index contributed by atoms with van der Waals surface area (Å²) in [5.41, 5.74) is 0.618. The first-order chi connectivity index (χ1) is 14.0. The highest BCUT2D eigenvalue weighted by Gasteiger charge is 2.25. The van der Waals surface area contributed by atoms with E-state index in [9.17, 15) is 19.7 Å². The van der Waals surface area contributed by atoms with Crippen molar-refractivity contribution in [3.8, 4) is 0 Å². The van der Waals surface area contributed by atoms with Gasteiger partial charge in [-0.25, -0.2) is 0 Å². The van der Waals surface area contributed by atoms with Crippen LogP contribution in [-0.4, -0.2) is 22.8 Å². The molecule has 0 saturated heterocycles. The van der Waals surface area contributed by atoms with Gasteiger partial charge in [0.15, 0.2) is 0 Å². The first-order valence-corrected chi connectivity index (χ1v) is 10.6. The number of non-ortho nitro benzene ring substituents is 1. The Morgan fingerprint density at radius 1 is 1.00 bits per heavy atom. The molecule has 3 rings (SSSR count). The maximum atomic E-state index is 12.9. The Morgan fingerprint density at radius 3 is 2.31 bits per heavy atom. The lowest BCUT2D eigenvalue weighted by Crippen LogP contribution is -2.42. The third-order valence-electron chi connectivity index (χ3n) is 5.81. The Kier molecular flexibility index (Phi) is 7.38. The minimum absolute atomic E-state index is 0.0515.